The fraction of sp³-hybridized carbons (Fsp3) is 0.909. The van der Waals surface area contributed by atoms with Crippen molar-refractivity contribution in [3.8, 4) is 0 Å². The van der Waals surface area contributed by atoms with E-state index >= 15 is 0 Å². The Kier molecular flexibility index (Phi) is 4.39. The third-order valence-electron chi connectivity index (χ3n) is 2.57. The number of piperidine rings is 1. The molecule has 1 atom stereocenters. The topological polar surface area (TPSA) is 29.5 Å². The Labute approximate surface area is 86.4 Å². The van der Waals surface area contributed by atoms with Crippen LogP contribution in [0, 0.1) is 11.8 Å². The Morgan fingerprint density at radius 2 is 2.29 bits per heavy atom. The summed E-state index contributed by atoms with van der Waals surface area (Å²) in [4.78, 5) is 13.2. The highest BCUT2D eigenvalue weighted by Gasteiger charge is 2.23. The Morgan fingerprint density at radius 1 is 1.57 bits per heavy atom. The van der Waals surface area contributed by atoms with Gasteiger partial charge in [-0.2, -0.15) is 0 Å². The lowest BCUT2D eigenvalue weighted by Crippen LogP contribution is -2.37. The minimum Gasteiger partial charge on any atom is -0.381 e. The van der Waals surface area contributed by atoms with Crippen LogP contribution in [0.1, 0.15) is 26.7 Å². The molecule has 1 aliphatic rings. The van der Waals surface area contributed by atoms with E-state index in [0.717, 1.165) is 26.2 Å². The van der Waals surface area contributed by atoms with E-state index < -0.39 is 0 Å². The molecule has 14 heavy (non-hydrogen) atoms. The lowest BCUT2D eigenvalue weighted by Gasteiger charge is -2.28. The van der Waals surface area contributed by atoms with Gasteiger partial charge in [-0.05, 0) is 18.3 Å². The van der Waals surface area contributed by atoms with E-state index in [4.69, 9.17) is 4.74 Å². The maximum Gasteiger partial charge on any atom is 0.222 e. The number of hydrogen-bond acceptors (Lipinski definition) is 2. The van der Waals surface area contributed by atoms with Gasteiger partial charge in [0.05, 0.1) is 0 Å². The number of carbonyl (C=O) groups is 1. The van der Waals surface area contributed by atoms with Gasteiger partial charge >= 0.3 is 0 Å². The van der Waals surface area contributed by atoms with E-state index in [9.17, 15) is 4.79 Å². The monoisotopic (exact) mass is 199 g/mol. The second kappa shape index (κ2) is 5.35. The molecule has 1 aliphatic heterocycles. The second-order valence-corrected chi connectivity index (χ2v) is 4.61. The van der Waals surface area contributed by atoms with Crippen LogP contribution in [0.15, 0.2) is 0 Å². The van der Waals surface area contributed by atoms with Gasteiger partial charge in [0.15, 0.2) is 0 Å². The molecule has 0 spiro atoms. The summed E-state index contributed by atoms with van der Waals surface area (Å²) in [6.45, 7) is 6.71. The minimum atomic E-state index is 0.259. The highest BCUT2D eigenvalue weighted by molar-refractivity contribution is 5.76. The summed E-state index contributed by atoms with van der Waals surface area (Å²) in [5.74, 6) is 1.28. The van der Waals surface area contributed by atoms with Gasteiger partial charge in [-0.15, -0.1) is 0 Å². The zero-order chi connectivity index (χ0) is 10.6. The minimum absolute atomic E-state index is 0.259. The molecule has 1 rings (SSSR count). The Bertz CT molecular complexity index is 192. The van der Waals surface area contributed by atoms with Crippen molar-refractivity contribution in [1.29, 1.82) is 0 Å². The number of carbonyl (C=O) groups excluding carboxylic acids is 1. The zero-order valence-electron chi connectivity index (χ0n) is 9.45. The first-order chi connectivity index (χ1) is 6.59. The molecule has 1 amide bonds. The summed E-state index contributed by atoms with van der Waals surface area (Å²) in [5, 5.41) is 0. The molecular weight excluding hydrogens is 178 g/mol. The van der Waals surface area contributed by atoms with Gasteiger partial charge in [0.25, 0.3) is 0 Å². The second-order valence-electron chi connectivity index (χ2n) is 4.61. The number of nitrogens with zero attached hydrogens (tertiary/aromatic N) is 1. The quantitative estimate of drug-likeness (QED) is 0.687. The molecule has 1 heterocycles. The average molecular weight is 199 g/mol. The molecular formula is C11H21NO2. The number of hydrogen-bond donors (Lipinski definition) is 0. The molecule has 0 aromatic heterocycles. The molecule has 0 bridgehead atoms. The first kappa shape index (κ1) is 11.5. The Balaban J connectivity index is 2.17. The van der Waals surface area contributed by atoms with Crippen molar-refractivity contribution < 1.29 is 9.53 Å². The summed E-state index contributed by atoms with van der Waals surface area (Å²) in [6, 6.07) is 0. The van der Waals surface area contributed by atoms with Crippen LogP contribution in [0.25, 0.3) is 0 Å². The first-order valence-corrected chi connectivity index (χ1v) is 5.41. The molecule has 3 nitrogen and oxygen atoms in total. The summed E-state index contributed by atoms with van der Waals surface area (Å²) < 4.78 is 5.55. The van der Waals surface area contributed by atoms with Crippen LogP contribution in [0.4, 0.5) is 0 Å². The Morgan fingerprint density at radius 3 is 2.86 bits per heavy atom. The number of amides is 1. The maximum absolute atomic E-state index is 11.4. The molecule has 0 saturated carbocycles. The molecule has 0 aromatic carbocycles. The van der Waals surface area contributed by atoms with Gasteiger partial charge in [0.2, 0.25) is 5.91 Å². The van der Waals surface area contributed by atoms with Gasteiger partial charge in [0, 0.05) is 33.2 Å². The van der Waals surface area contributed by atoms with Crippen LogP contribution in [0.3, 0.4) is 0 Å². The predicted molar refractivity (Wildman–Crippen MR) is 56.0 cm³/mol. The average Bonchev–Trinajstić information content (AvgIpc) is 2.10. The van der Waals surface area contributed by atoms with Crippen molar-refractivity contribution in [3.05, 3.63) is 0 Å². The van der Waals surface area contributed by atoms with Crippen molar-refractivity contribution in [3.63, 3.8) is 0 Å². The normalized spacial score (nSPS) is 23.3. The van der Waals surface area contributed by atoms with E-state index in [0.29, 0.717) is 18.3 Å². The molecule has 0 aliphatic carbocycles. The van der Waals surface area contributed by atoms with Crippen LogP contribution in [0.5, 0.6) is 0 Å². The van der Waals surface area contributed by atoms with Gasteiger partial charge in [-0.25, -0.2) is 0 Å². The van der Waals surface area contributed by atoms with E-state index in [2.05, 4.69) is 13.8 Å². The molecule has 82 valence electrons. The van der Waals surface area contributed by atoms with E-state index in [1.165, 1.54) is 0 Å². The lowest BCUT2D eigenvalue weighted by molar-refractivity contribution is -0.134. The van der Waals surface area contributed by atoms with Crippen molar-refractivity contribution in [1.82, 2.24) is 4.90 Å². The summed E-state index contributed by atoms with van der Waals surface area (Å²) in [6.07, 6.45) is 1.74. The third-order valence-corrected chi connectivity index (χ3v) is 2.57. The summed E-state index contributed by atoms with van der Waals surface area (Å²) >= 11 is 0. The van der Waals surface area contributed by atoms with Crippen LogP contribution in [0.2, 0.25) is 0 Å². The van der Waals surface area contributed by atoms with E-state index in [1.807, 2.05) is 7.05 Å². The van der Waals surface area contributed by atoms with Crippen LogP contribution in [-0.2, 0) is 9.53 Å². The molecule has 0 aromatic rings. The first-order valence-electron chi connectivity index (χ1n) is 5.41. The molecule has 1 saturated heterocycles. The van der Waals surface area contributed by atoms with Crippen LogP contribution >= 0.6 is 0 Å². The number of rotatable bonds is 4. The Hall–Kier alpha value is -0.570. The standard InChI is InChI=1S/C11H21NO2/c1-9(2)7-14-8-10-4-5-12(3)11(13)6-10/h9-10H,4-8H2,1-3H3. The van der Waals surface area contributed by atoms with Gasteiger partial charge in [-0.3, -0.25) is 4.79 Å². The largest absolute Gasteiger partial charge is 0.381 e. The molecule has 0 N–H and O–H groups in total. The van der Waals surface area contributed by atoms with Gasteiger partial charge in [0.1, 0.15) is 0 Å². The van der Waals surface area contributed by atoms with Crippen molar-refractivity contribution in [2.45, 2.75) is 26.7 Å². The number of likely N-dealkylation sites (tertiary alicyclic amines) is 1. The molecule has 0 radical (unpaired) electrons. The highest BCUT2D eigenvalue weighted by atomic mass is 16.5. The summed E-state index contributed by atoms with van der Waals surface area (Å²) in [7, 11) is 1.87. The lowest BCUT2D eigenvalue weighted by atomic mass is 9.97. The van der Waals surface area contributed by atoms with Crippen LogP contribution in [-0.4, -0.2) is 37.6 Å². The van der Waals surface area contributed by atoms with Crippen molar-refractivity contribution >= 4 is 5.91 Å². The fourth-order valence-electron chi connectivity index (χ4n) is 1.62. The number of ether oxygens (including phenoxy) is 1. The SMILES string of the molecule is CC(C)COCC1CCN(C)C(=O)C1. The zero-order valence-corrected chi connectivity index (χ0v) is 9.45. The van der Waals surface area contributed by atoms with Crippen molar-refractivity contribution in [2.24, 2.45) is 11.8 Å². The van der Waals surface area contributed by atoms with E-state index in [-0.39, 0.29) is 5.91 Å². The highest BCUT2D eigenvalue weighted by Crippen LogP contribution is 2.17. The smallest absolute Gasteiger partial charge is 0.222 e. The predicted octanol–water partition coefficient (Wildman–Crippen LogP) is 1.53. The third kappa shape index (κ3) is 3.66. The van der Waals surface area contributed by atoms with Gasteiger partial charge < -0.3 is 9.64 Å². The van der Waals surface area contributed by atoms with Crippen LogP contribution < -0.4 is 0 Å². The maximum atomic E-state index is 11.4. The van der Waals surface area contributed by atoms with Crippen molar-refractivity contribution in [2.75, 3.05) is 26.8 Å². The van der Waals surface area contributed by atoms with E-state index in [1.54, 1.807) is 4.90 Å². The summed E-state index contributed by atoms with van der Waals surface area (Å²) in [5.41, 5.74) is 0. The molecule has 3 heteroatoms. The van der Waals surface area contributed by atoms with Gasteiger partial charge in [-0.1, -0.05) is 13.8 Å². The molecule has 1 unspecified atom stereocenters. The fourth-order valence-corrected chi connectivity index (χ4v) is 1.62. The molecule has 1 fully saturated rings.